The van der Waals surface area contributed by atoms with Crippen LogP contribution >= 0.6 is 15.9 Å². The number of rotatable bonds is 7. The highest BCUT2D eigenvalue weighted by Gasteiger charge is 2.15. The topological polar surface area (TPSA) is 40.5 Å². The SMILES string of the molecule is CCOC(=O)CC1=C(OCc2cc(Br)c3ccn(-c4ccccc4)c3c2)CCC=C1. The molecule has 4 nitrogen and oxygen atoms in total. The molecule has 2 aromatic carbocycles. The molecule has 0 aliphatic heterocycles. The van der Waals surface area contributed by atoms with E-state index in [-0.39, 0.29) is 12.4 Å². The van der Waals surface area contributed by atoms with E-state index in [0.29, 0.717) is 13.2 Å². The number of esters is 1. The molecule has 1 aliphatic carbocycles. The van der Waals surface area contributed by atoms with Crippen LogP contribution in [-0.2, 0) is 20.9 Å². The lowest BCUT2D eigenvalue weighted by molar-refractivity contribution is -0.142. The Hall–Kier alpha value is -2.79. The first-order valence-corrected chi connectivity index (χ1v) is 11.0. The average Bonchev–Trinajstić information content (AvgIpc) is 3.18. The molecule has 3 aromatic rings. The lowest BCUT2D eigenvalue weighted by atomic mass is 10.0. The summed E-state index contributed by atoms with van der Waals surface area (Å²) in [6.45, 7) is 2.66. The molecular weight excluding hydrogens is 442 g/mol. The van der Waals surface area contributed by atoms with Crippen LogP contribution in [0.25, 0.3) is 16.6 Å². The van der Waals surface area contributed by atoms with Gasteiger partial charge in [-0.25, -0.2) is 0 Å². The number of para-hydroxylation sites is 1. The smallest absolute Gasteiger partial charge is 0.310 e. The van der Waals surface area contributed by atoms with Gasteiger partial charge in [-0.3, -0.25) is 4.79 Å². The number of fused-ring (bicyclic) bond motifs is 1. The zero-order chi connectivity index (χ0) is 20.9. The van der Waals surface area contributed by atoms with E-state index in [4.69, 9.17) is 9.47 Å². The van der Waals surface area contributed by atoms with Crippen molar-refractivity contribution in [2.75, 3.05) is 6.61 Å². The van der Waals surface area contributed by atoms with Crippen LogP contribution in [0.5, 0.6) is 0 Å². The maximum atomic E-state index is 11.9. The van der Waals surface area contributed by atoms with Gasteiger partial charge in [0.2, 0.25) is 0 Å². The maximum absolute atomic E-state index is 11.9. The highest BCUT2D eigenvalue weighted by atomic mass is 79.9. The summed E-state index contributed by atoms with van der Waals surface area (Å²) < 4.78 is 14.5. The van der Waals surface area contributed by atoms with Gasteiger partial charge in [-0.1, -0.05) is 46.3 Å². The van der Waals surface area contributed by atoms with E-state index in [2.05, 4.69) is 63.1 Å². The van der Waals surface area contributed by atoms with E-state index >= 15 is 0 Å². The van der Waals surface area contributed by atoms with E-state index in [1.807, 2.05) is 31.2 Å². The first-order valence-electron chi connectivity index (χ1n) is 10.2. The fraction of sp³-hybridized carbons (Fsp3) is 0.240. The summed E-state index contributed by atoms with van der Waals surface area (Å²) in [4.78, 5) is 11.9. The van der Waals surface area contributed by atoms with Crippen molar-refractivity contribution in [1.82, 2.24) is 4.57 Å². The standard InChI is InChI=1S/C25H24BrNO3/c1-2-29-25(28)16-19-8-6-7-11-24(19)30-17-18-14-22(26)21-12-13-27(23(21)15-18)20-9-4-3-5-10-20/h3-6,8-10,12-15H,2,7,11,16-17H2,1H3. The molecule has 5 heteroatoms. The van der Waals surface area contributed by atoms with Crippen molar-refractivity contribution >= 4 is 32.8 Å². The molecule has 0 spiro atoms. The van der Waals surface area contributed by atoms with Crippen molar-refractivity contribution in [3.05, 3.63) is 88.2 Å². The number of halogens is 1. The number of benzene rings is 2. The number of carbonyl (C=O) groups is 1. The predicted molar refractivity (Wildman–Crippen MR) is 122 cm³/mol. The minimum Gasteiger partial charge on any atom is -0.493 e. The monoisotopic (exact) mass is 465 g/mol. The number of hydrogen-bond donors (Lipinski definition) is 0. The van der Waals surface area contributed by atoms with Crippen LogP contribution in [0.1, 0.15) is 31.7 Å². The Morgan fingerprint density at radius 1 is 1.17 bits per heavy atom. The Labute approximate surface area is 184 Å². The Kier molecular flexibility index (Phi) is 6.38. The third kappa shape index (κ3) is 4.51. The summed E-state index contributed by atoms with van der Waals surface area (Å²) in [5.74, 6) is 0.658. The van der Waals surface area contributed by atoms with Gasteiger partial charge in [0.25, 0.3) is 0 Å². The Balaban J connectivity index is 1.58. The number of ether oxygens (including phenoxy) is 2. The second kappa shape index (κ2) is 9.35. The zero-order valence-corrected chi connectivity index (χ0v) is 18.5. The van der Waals surface area contributed by atoms with E-state index in [9.17, 15) is 4.79 Å². The fourth-order valence-corrected chi connectivity index (χ4v) is 4.33. The van der Waals surface area contributed by atoms with Crippen molar-refractivity contribution in [2.24, 2.45) is 0 Å². The summed E-state index contributed by atoms with van der Waals surface area (Å²) in [6.07, 6.45) is 8.11. The van der Waals surface area contributed by atoms with Gasteiger partial charge in [-0.2, -0.15) is 0 Å². The molecule has 0 atom stereocenters. The van der Waals surface area contributed by atoms with Crippen LogP contribution in [0.3, 0.4) is 0 Å². The molecule has 0 fully saturated rings. The van der Waals surface area contributed by atoms with Crippen LogP contribution in [-0.4, -0.2) is 17.1 Å². The van der Waals surface area contributed by atoms with E-state index < -0.39 is 0 Å². The van der Waals surface area contributed by atoms with Crippen molar-refractivity contribution in [1.29, 1.82) is 0 Å². The lowest BCUT2D eigenvalue weighted by Crippen LogP contribution is -2.08. The molecule has 0 N–H and O–H groups in total. The van der Waals surface area contributed by atoms with Gasteiger partial charge in [0, 0.05) is 33.7 Å². The predicted octanol–water partition coefficient (Wildman–Crippen LogP) is 6.47. The minimum atomic E-state index is -0.218. The number of carbonyl (C=O) groups excluding carboxylic acids is 1. The van der Waals surface area contributed by atoms with Gasteiger partial charge in [0.05, 0.1) is 18.5 Å². The number of hydrogen-bond acceptors (Lipinski definition) is 3. The van der Waals surface area contributed by atoms with Crippen molar-refractivity contribution in [3.63, 3.8) is 0 Å². The number of aromatic nitrogens is 1. The molecule has 0 saturated carbocycles. The normalized spacial score (nSPS) is 13.7. The molecule has 30 heavy (non-hydrogen) atoms. The molecule has 0 amide bonds. The van der Waals surface area contributed by atoms with Gasteiger partial charge in [-0.15, -0.1) is 0 Å². The quantitative estimate of drug-likeness (QED) is 0.375. The Bertz CT molecular complexity index is 1110. The third-order valence-electron chi connectivity index (χ3n) is 5.12. The first-order chi connectivity index (χ1) is 14.7. The second-order valence-corrected chi connectivity index (χ2v) is 8.05. The highest BCUT2D eigenvalue weighted by Crippen LogP contribution is 2.30. The van der Waals surface area contributed by atoms with E-state index in [0.717, 1.165) is 50.8 Å². The van der Waals surface area contributed by atoms with Crippen molar-refractivity contribution < 1.29 is 14.3 Å². The highest BCUT2D eigenvalue weighted by molar-refractivity contribution is 9.10. The zero-order valence-electron chi connectivity index (χ0n) is 16.9. The van der Waals surface area contributed by atoms with Gasteiger partial charge in [-0.05, 0) is 49.2 Å². The van der Waals surface area contributed by atoms with Gasteiger partial charge < -0.3 is 14.0 Å². The summed E-state index contributed by atoms with van der Waals surface area (Å²) in [5.41, 5.74) is 4.23. The van der Waals surface area contributed by atoms with E-state index in [1.165, 1.54) is 0 Å². The van der Waals surface area contributed by atoms with Crippen LogP contribution < -0.4 is 0 Å². The summed E-state index contributed by atoms with van der Waals surface area (Å²) in [6, 6.07) is 16.7. The number of allylic oxidation sites excluding steroid dienone is 3. The Morgan fingerprint density at radius 2 is 2.00 bits per heavy atom. The lowest BCUT2D eigenvalue weighted by Gasteiger charge is -2.17. The summed E-state index contributed by atoms with van der Waals surface area (Å²) in [5, 5.41) is 1.16. The molecule has 0 saturated heterocycles. The second-order valence-electron chi connectivity index (χ2n) is 7.19. The molecule has 154 valence electrons. The third-order valence-corrected chi connectivity index (χ3v) is 5.78. The van der Waals surface area contributed by atoms with Crippen LogP contribution in [0.2, 0.25) is 0 Å². The molecule has 0 unspecified atom stereocenters. The fourth-order valence-electron chi connectivity index (χ4n) is 3.70. The average molecular weight is 466 g/mol. The largest absolute Gasteiger partial charge is 0.493 e. The van der Waals surface area contributed by atoms with Crippen LogP contribution in [0.15, 0.2) is 82.7 Å². The van der Waals surface area contributed by atoms with Crippen molar-refractivity contribution in [2.45, 2.75) is 32.8 Å². The summed E-state index contributed by atoms with van der Waals surface area (Å²) in [7, 11) is 0. The summed E-state index contributed by atoms with van der Waals surface area (Å²) >= 11 is 3.71. The van der Waals surface area contributed by atoms with Crippen molar-refractivity contribution in [3.8, 4) is 5.69 Å². The molecule has 0 bridgehead atoms. The maximum Gasteiger partial charge on any atom is 0.310 e. The van der Waals surface area contributed by atoms with Gasteiger partial charge >= 0.3 is 5.97 Å². The first kappa shape index (κ1) is 20.5. The molecule has 1 aliphatic rings. The Morgan fingerprint density at radius 3 is 2.80 bits per heavy atom. The van der Waals surface area contributed by atoms with Gasteiger partial charge in [0.15, 0.2) is 0 Å². The molecule has 0 radical (unpaired) electrons. The molecule has 4 rings (SSSR count). The minimum absolute atomic E-state index is 0.218. The van der Waals surface area contributed by atoms with Crippen LogP contribution in [0, 0.1) is 0 Å². The van der Waals surface area contributed by atoms with Gasteiger partial charge in [0.1, 0.15) is 12.4 Å². The molecule has 1 heterocycles. The van der Waals surface area contributed by atoms with E-state index in [1.54, 1.807) is 0 Å². The number of nitrogens with zero attached hydrogens (tertiary/aromatic N) is 1. The van der Waals surface area contributed by atoms with Crippen LogP contribution in [0.4, 0.5) is 0 Å². The molecular formula is C25H24BrNO3. The molecule has 1 aromatic heterocycles.